The van der Waals surface area contributed by atoms with Crippen molar-refractivity contribution in [1.82, 2.24) is 19.5 Å². The molecule has 7 nitrogen and oxygen atoms in total. The van der Waals surface area contributed by atoms with E-state index in [1.165, 1.54) is 0 Å². The van der Waals surface area contributed by atoms with Gasteiger partial charge in [0.2, 0.25) is 0 Å². The lowest BCUT2D eigenvalue weighted by Crippen LogP contribution is -2.49. The summed E-state index contributed by atoms with van der Waals surface area (Å²) in [6.45, 7) is 6.35. The van der Waals surface area contributed by atoms with Crippen molar-refractivity contribution in [2.45, 2.75) is 20.0 Å². The number of hydrogen-bond donors (Lipinski definition) is 0. The highest BCUT2D eigenvalue weighted by atomic mass is 35.5. The predicted octanol–water partition coefficient (Wildman–Crippen LogP) is 2.05. The van der Waals surface area contributed by atoms with Crippen LogP contribution in [0.5, 0.6) is 0 Å². The van der Waals surface area contributed by atoms with Crippen LogP contribution in [0.1, 0.15) is 13.8 Å². The van der Waals surface area contributed by atoms with E-state index in [-0.39, 0.29) is 12.2 Å². The largest absolute Gasteiger partial charge is 0.447 e. The molecule has 0 unspecified atom stereocenters. The van der Waals surface area contributed by atoms with E-state index in [9.17, 15) is 4.79 Å². The summed E-state index contributed by atoms with van der Waals surface area (Å²) >= 11 is 6.06. The molecule has 1 aliphatic heterocycles. The Morgan fingerprint density at radius 2 is 2.05 bits per heavy atom. The lowest BCUT2D eigenvalue weighted by molar-refractivity contribution is 0.0751. The Labute approximate surface area is 133 Å². The number of carbonyl (C=O) groups is 1. The Bertz CT molecular complexity index is 679. The third-order valence-corrected chi connectivity index (χ3v) is 3.78. The summed E-state index contributed by atoms with van der Waals surface area (Å²) in [7, 11) is 0. The van der Waals surface area contributed by atoms with E-state index in [1.54, 1.807) is 15.6 Å². The molecule has 22 heavy (non-hydrogen) atoms. The fourth-order valence-electron chi connectivity index (χ4n) is 2.40. The van der Waals surface area contributed by atoms with Crippen LogP contribution in [0.25, 0.3) is 5.65 Å². The molecule has 1 saturated heterocycles. The van der Waals surface area contributed by atoms with Crippen LogP contribution in [-0.4, -0.2) is 57.9 Å². The molecule has 2 aromatic rings. The molecule has 0 radical (unpaired) electrons. The van der Waals surface area contributed by atoms with Crippen LogP contribution in [0.4, 0.5) is 10.6 Å². The first-order chi connectivity index (χ1) is 10.5. The minimum Gasteiger partial charge on any atom is -0.447 e. The first kappa shape index (κ1) is 14.9. The van der Waals surface area contributed by atoms with Gasteiger partial charge in [-0.2, -0.15) is 5.10 Å². The third-order valence-electron chi connectivity index (χ3n) is 3.51. The van der Waals surface area contributed by atoms with Gasteiger partial charge in [0.05, 0.1) is 12.3 Å². The normalized spacial score (nSPS) is 15.6. The van der Waals surface area contributed by atoms with Crippen molar-refractivity contribution >= 4 is 29.2 Å². The van der Waals surface area contributed by atoms with E-state index >= 15 is 0 Å². The van der Waals surface area contributed by atoms with E-state index in [1.807, 2.05) is 26.1 Å². The van der Waals surface area contributed by atoms with E-state index < -0.39 is 0 Å². The number of aromatic nitrogens is 3. The molecule has 0 aliphatic carbocycles. The summed E-state index contributed by atoms with van der Waals surface area (Å²) in [5.41, 5.74) is 0.640. The van der Waals surface area contributed by atoms with Crippen LogP contribution in [0, 0.1) is 0 Å². The SMILES string of the molecule is CC(C)OC(=O)N1CCN(c2ccn3ncc(Cl)c3n2)CC1. The quantitative estimate of drug-likeness (QED) is 0.846. The second kappa shape index (κ2) is 6.00. The topological polar surface area (TPSA) is 63.0 Å². The number of rotatable bonds is 2. The Hall–Kier alpha value is -2.02. The molecule has 0 aromatic carbocycles. The second-order valence-electron chi connectivity index (χ2n) is 5.45. The van der Waals surface area contributed by atoms with Crippen LogP contribution < -0.4 is 4.90 Å². The van der Waals surface area contributed by atoms with Crippen molar-refractivity contribution in [2.24, 2.45) is 0 Å². The highest BCUT2D eigenvalue weighted by molar-refractivity contribution is 6.33. The number of nitrogens with zero attached hydrogens (tertiary/aromatic N) is 5. The van der Waals surface area contributed by atoms with Crippen molar-refractivity contribution in [1.29, 1.82) is 0 Å². The number of fused-ring (bicyclic) bond motifs is 1. The van der Waals surface area contributed by atoms with Gasteiger partial charge in [-0.3, -0.25) is 0 Å². The lowest BCUT2D eigenvalue weighted by Gasteiger charge is -2.35. The average Bonchev–Trinajstić information content (AvgIpc) is 2.88. The van der Waals surface area contributed by atoms with Gasteiger partial charge in [0.15, 0.2) is 5.65 Å². The van der Waals surface area contributed by atoms with E-state index in [4.69, 9.17) is 16.3 Å². The van der Waals surface area contributed by atoms with Crippen molar-refractivity contribution in [3.05, 3.63) is 23.5 Å². The molecule has 0 saturated carbocycles. The molecule has 2 aromatic heterocycles. The van der Waals surface area contributed by atoms with E-state index in [0.29, 0.717) is 36.8 Å². The number of hydrogen-bond acceptors (Lipinski definition) is 5. The minimum absolute atomic E-state index is 0.0985. The minimum atomic E-state index is -0.253. The standard InChI is InChI=1S/C14H18ClN5O2/c1-10(2)22-14(21)19-7-5-18(6-8-19)12-3-4-20-13(17-12)11(15)9-16-20/h3-4,9-10H,5-8H2,1-2H3. The predicted molar refractivity (Wildman–Crippen MR) is 83.4 cm³/mol. The molecule has 3 heterocycles. The van der Waals surface area contributed by atoms with Crippen LogP contribution in [-0.2, 0) is 4.74 Å². The Balaban J connectivity index is 1.67. The maximum atomic E-state index is 11.9. The maximum Gasteiger partial charge on any atom is 0.410 e. The fourth-order valence-corrected chi connectivity index (χ4v) is 2.57. The van der Waals surface area contributed by atoms with Crippen molar-refractivity contribution < 1.29 is 9.53 Å². The molecule has 1 amide bonds. The molecule has 0 spiro atoms. The Morgan fingerprint density at radius 1 is 1.32 bits per heavy atom. The molecule has 118 valence electrons. The second-order valence-corrected chi connectivity index (χ2v) is 5.86. The van der Waals surface area contributed by atoms with Gasteiger partial charge in [-0.05, 0) is 19.9 Å². The zero-order chi connectivity index (χ0) is 15.7. The first-order valence-electron chi connectivity index (χ1n) is 7.25. The summed E-state index contributed by atoms with van der Waals surface area (Å²) in [6.07, 6.45) is 3.06. The number of halogens is 1. The van der Waals surface area contributed by atoms with E-state index in [0.717, 1.165) is 5.82 Å². The molecule has 0 bridgehead atoms. The number of ether oxygens (including phenoxy) is 1. The third kappa shape index (κ3) is 2.94. The van der Waals surface area contributed by atoms with Crippen LogP contribution in [0.2, 0.25) is 5.02 Å². The fraction of sp³-hybridized carbons (Fsp3) is 0.500. The monoisotopic (exact) mass is 323 g/mol. The molecular formula is C14H18ClN5O2. The van der Waals surface area contributed by atoms with Crippen molar-refractivity contribution in [3.8, 4) is 0 Å². The van der Waals surface area contributed by atoms with Gasteiger partial charge in [0.1, 0.15) is 10.8 Å². The highest BCUT2D eigenvalue weighted by Gasteiger charge is 2.23. The smallest absolute Gasteiger partial charge is 0.410 e. The zero-order valence-electron chi connectivity index (χ0n) is 12.6. The summed E-state index contributed by atoms with van der Waals surface area (Å²) < 4.78 is 6.86. The number of carbonyl (C=O) groups excluding carboxylic acids is 1. The van der Waals surface area contributed by atoms with Crippen LogP contribution in [0.15, 0.2) is 18.5 Å². The number of anilines is 1. The summed E-state index contributed by atoms with van der Waals surface area (Å²) in [4.78, 5) is 20.3. The average molecular weight is 324 g/mol. The lowest BCUT2D eigenvalue weighted by atomic mass is 10.3. The maximum absolute atomic E-state index is 11.9. The molecule has 0 atom stereocenters. The van der Waals surface area contributed by atoms with Gasteiger partial charge < -0.3 is 14.5 Å². The van der Waals surface area contributed by atoms with Gasteiger partial charge in [-0.25, -0.2) is 14.3 Å². The zero-order valence-corrected chi connectivity index (χ0v) is 13.3. The molecule has 3 rings (SSSR count). The Morgan fingerprint density at radius 3 is 2.73 bits per heavy atom. The summed E-state index contributed by atoms with van der Waals surface area (Å²) in [5.74, 6) is 0.840. The van der Waals surface area contributed by atoms with Crippen molar-refractivity contribution in [3.63, 3.8) is 0 Å². The molecular weight excluding hydrogens is 306 g/mol. The molecule has 0 N–H and O–H groups in total. The first-order valence-corrected chi connectivity index (χ1v) is 7.63. The Kier molecular flexibility index (Phi) is 4.06. The summed E-state index contributed by atoms with van der Waals surface area (Å²) in [5, 5.41) is 4.63. The van der Waals surface area contributed by atoms with Crippen LogP contribution in [0.3, 0.4) is 0 Å². The highest BCUT2D eigenvalue weighted by Crippen LogP contribution is 2.19. The number of amides is 1. The van der Waals surface area contributed by atoms with Gasteiger partial charge in [0.25, 0.3) is 0 Å². The molecule has 8 heteroatoms. The van der Waals surface area contributed by atoms with Gasteiger partial charge >= 0.3 is 6.09 Å². The van der Waals surface area contributed by atoms with E-state index in [2.05, 4.69) is 15.0 Å². The molecule has 1 fully saturated rings. The van der Waals surface area contributed by atoms with Crippen LogP contribution >= 0.6 is 11.6 Å². The number of piperazine rings is 1. The van der Waals surface area contributed by atoms with Gasteiger partial charge in [-0.15, -0.1) is 0 Å². The molecule has 1 aliphatic rings. The van der Waals surface area contributed by atoms with Gasteiger partial charge in [0, 0.05) is 32.4 Å². The van der Waals surface area contributed by atoms with Crippen molar-refractivity contribution in [2.75, 3.05) is 31.1 Å². The van der Waals surface area contributed by atoms with Gasteiger partial charge in [-0.1, -0.05) is 11.6 Å². The summed E-state index contributed by atoms with van der Waals surface area (Å²) in [6, 6.07) is 1.90.